The predicted octanol–water partition coefficient (Wildman–Crippen LogP) is 0.354. The molecule has 5 heteroatoms. The Morgan fingerprint density at radius 3 is 2.27 bits per heavy atom. The predicted molar refractivity (Wildman–Crippen MR) is 57.6 cm³/mol. The van der Waals surface area contributed by atoms with Crippen molar-refractivity contribution in [1.82, 2.24) is 10.6 Å². The number of carboxylic acid groups (broad SMARTS) is 1. The van der Waals surface area contributed by atoms with Crippen LogP contribution in [0.25, 0.3) is 0 Å². The van der Waals surface area contributed by atoms with Crippen molar-refractivity contribution in [2.75, 3.05) is 6.54 Å². The van der Waals surface area contributed by atoms with Gasteiger partial charge in [0.05, 0.1) is 0 Å². The fraction of sp³-hybridized carbons (Fsp3) is 0.800. The molecule has 0 heterocycles. The van der Waals surface area contributed by atoms with E-state index in [1.165, 1.54) is 6.92 Å². The highest BCUT2D eigenvalue weighted by atomic mass is 16.4. The molecule has 0 rings (SSSR count). The molecule has 0 spiro atoms. The third kappa shape index (κ3) is 7.93. The van der Waals surface area contributed by atoms with Gasteiger partial charge in [-0.2, -0.15) is 0 Å². The molecule has 1 unspecified atom stereocenters. The zero-order chi connectivity index (χ0) is 12.1. The van der Waals surface area contributed by atoms with E-state index >= 15 is 0 Å². The van der Waals surface area contributed by atoms with E-state index in [4.69, 9.17) is 5.11 Å². The molecular weight excluding hydrogens is 196 g/mol. The minimum atomic E-state index is -1.02. The summed E-state index contributed by atoms with van der Waals surface area (Å²) in [7, 11) is 0. The normalized spacial score (nSPS) is 13.3. The molecule has 5 nitrogen and oxygen atoms in total. The van der Waals surface area contributed by atoms with Gasteiger partial charge in [0, 0.05) is 18.5 Å². The number of aliphatic carboxylic acids is 1. The minimum absolute atomic E-state index is 0.0291. The first-order valence-electron chi connectivity index (χ1n) is 4.99. The van der Waals surface area contributed by atoms with E-state index in [9.17, 15) is 9.59 Å². The molecule has 3 N–H and O–H groups in total. The maximum atomic E-state index is 11.2. The molecule has 15 heavy (non-hydrogen) atoms. The van der Waals surface area contributed by atoms with Gasteiger partial charge in [-0.1, -0.05) is 0 Å². The van der Waals surface area contributed by atoms with Crippen LogP contribution in [-0.2, 0) is 9.59 Å². The summed E-state index contributed by atoms with van der Waals surface area (Å²) in [6.07, 6.45) is 0.287. The minimum Gasteiger partial charge on any atom is -0.480 e. The highest BCUT2D eigenvalue weighted by Gasteiger charge is 2.14. The fourth-order valence-corrected chi connectivity index (χ4v) is 0.926. The molecule has 0 aliphatic carbocycles. The number of carbonyl (C=O) groups is 2. The Labute approximate surface area is 90.2 Å². The maximum absolute atomic E-state index is 11.2. The molecule has 0 aromatic heterocycles. The Morgan fingerprint density at radius 2 is 1.87 bits per heavy atom. The fourth-order valence-electron chi connectivity index (χ4n) is 0.926. The quantitative estimate of drug-likeness (QED) is 0.620. The van der Waals surface area contributed by atoms with Crippen LogP contribution in [0.5, 0.6) is 0 Å². The lowest BCUT2D eigenvalue weighted by Crippen LogP contribution is -2.42. The van der Waals surface area contributed by atoms with Gasteiger partial charge < -0.3 is 15.7 Å². The lowest BCUT2D eigenvalue weighted by atomic mass is 10.1. The number of hydrogen-bond donors (Lipinski definition) is 3. The lowest BCUT2D eigenvalue weighted by Gasteiger charge is -2.20. The average molecular weight is 216 g/mol. The van der Waals surface area contributed by atoms with Crippen molar-refractivity contribution in [2.24, 2.45) is 0 Å². The van der Waals surface area contributed by atoms with Gasteiger partial charge in [-0.05, 0) is 27.7 Å². The number of amides is 1. The first-order valence-corrected chi connectivity index (χ1v) is 4.99. The van der Waals surface area contributed by atoms with Gasteiger partial charge >= 0.3 is 5.97 Å². The highest BCUT2D eigenvalue weighted by Crippen LogP contribution is 1.97. The summed E-state index contributed by atoms with van der Waals surface area (Å²) in [4.78, 5) is 21.7. The SMILES string of the molecule is CC(NC(=O)CCNC(C)(C)C)C(=O)O. The first-order chi connectivity index (χ1) is 6.72. The summed E-state index contributed by atoms with van der Waals surface area (Å²) < 4.78 is 0. The molecule has 1 amide bonds. The number of hydrogen-bond acceptors (Lipinski definition) is 3. The molecule has 0 bridgehead atoms. The second-order valence-electron chi connectivity index (χ2n) is 4.55. The van der Waals surface area contributed by atoms with Crippen LogP contribution < -0.4 is 10.6 Å². The summed E-state index contributed by atoms with van der Waals surface area (Å²) in [5.41, 5.74) is -0.0291. The van der Waals surface area contributed by atoms with Gasteiger partial charge in [-0.25, -0.2) is 0 Å². The van der Waals surface area contributed by atoms with Crippen molar-refractivity contribution < 1.29 is 14.7 Å². The summed E-state index contributed by atoms with van der Waals surface area (Å²) in [5, 5.41) is 14.1. The maximum Gasteiger partial charge on any atom is 0.325 e. The molecule has 0 radical (unpaired) electrons. The van der Waals surface area contributed by atoms with E-state index in [0.29, 0.717) is 6.54 Å². The van der Waals surface area contributed by atoms with E-state index in [1.54, 1.807) is 0 Å². The first kappa shape index (κ1) is 13.9. The largest absolute Gasteiger partial charge is 0.480 e. The monoisotopic (exact) mass is 216 g/mol. The number of rotatable bonds is 5. The van der Waals surface area contributed by atoms with E-state index in [0.717, 1.165) is 0 Å². The Morgan fingerprint density at radius 1 is 1.33 bits per heavy atom. The van der Waals surface area contributed by atoms with Gasteiger partial charge in [0.15, 0.2) is 0 Å². The molecule has 0 aromatic carbocycles. The van der Waals surface area contributed by atoms with Gasteiger partial charge in [0.2, 0.25) is 5.91 Å². The summed E-state index contributed by atoms with van der Waals surface area (Å²) in [5.74, 6) is -1.27. The topological polar surface area (TPSA) is 78.4 Å². The van der Waals surface area contributed by atoms with Gasteiger partial charge in [-0.3, -0.25) is 9.59 Å². The Kier molecular flexibility index (Phi) is 5.28. The van der Waals surface area contributed by atoms with Crippen molar-refractivity contribution in [2.45, 2.75) is 45.7 Å². The van der Waals surface area contributed by atoms with Crippen molar-refractivity contribution in [3.63, 3.8) is 0 Å². The Balaban J connectivity index is 3.72. The van der Waals surface area contributed by atoms with Crippen LogP contribution in [0.2, 0.25) is 0 Å². The summed E-state index contributed by atoms with van der Waals surface area (Å²) >= 11 is 0. The summed E-state index contributed by atoms with van der Waals surface area (Å²) in [6, 6.07) is -0.827. The van der Waals surface area contributed by atoms with E-state index in [-0.39, 0.29) is 17.9 Å². The van der Waals surface area contributed by atoms with Crippen LogP contribution in [0, 0.1) is 0 Å². The zero-order valence-electron chi connectivity index (χ0n) is 9.76. The van der Waals surface area contributed by atoms with Crippen molar-refractivity contribution in [3.05, 3.63) is 0 Å². The second-order valence-corrected chi connectivity index (χ2v) is 4.55. The smallest absolute Gasteiger partial charge is 0.325 e. The molecule has 0 saturated carbocycles. The number of carbonyl (C=O) groups excluding carboxylic acids is 1. The zero-order valence-corrected chi connectivity index (χ0v) is 9.76. The Hall–Kier alpha value is -1.10. The molecule has 0 aliphatic rings. The highest BCUT2D eigenvalue weighted by molar-refractivity contribution is 5.83. The van der Waals surface area contributed by atoms with Crippen LogP contribution in [0.1, 0.15) is 34.1 Å². The molecule has 0 aromatic rings. The van der Waals surface area contributed by atoms with Gasteiger partial charge in [0.25, 0.3) is 0 Å². The van der Waals surface area contributed by atoms with Crippen LogP contribution in [0.3, 0.4) is 0 Å². The van der Waals surface area contributed by atoms with Crippen molar-refractivity contribution in [3.8, 4) is 0 Å². The van der Waals surface area contributed by atoms with Crippen LogP contribution in [-0.4, -0.2) is 35.1 Å². The van der Waals surface area contributed by atoms with Crippen molar-refractivity contribution in [1.29, 1.82) is 0 Å². The number of carboxylic acids is 1. The standard InChI is InChI=1S/C10H20N2O3/c1-7(9(14)15)12-8(13)5-6-11-10(2,3)4/h7,11H,5-6H2,1-4H3,(H,12,13)(H,14,15). The summed E-state index contributed by atoms with van der Waals surface area (Å²) in [6.45, 7) is 8.00. The van der Waals surface area contributed by atoms with E-state index in [2.05, 4.69) is 10.6 Å². The van der Waals surface area contributed by atoms with E-state index in [1.807, 2.05) is 20.8 Å². The lowest BCUT2D eigenvalue weighted by molar-refractivity contribution is -0.141. The Bertz CT molecular complexity index is 233. The van der Waals surface area contributed by atoms with Crippen molar-refractivity contribution >= 4 is 11.9 Å². The molecular formula is C10H20N2O3. The van der Waals surface area contributed by atoms with Gasteiger partial charge in [0.1, 0.15) is 6.04 Å². The van der Waals surface area contributed by atoms with E-state index < -0.39 is 12.0 Å². The number of nitrogens with one attached hydrogen (secondary N) is 2. The second kappa shape index (κ2) is 5.70. The van der Waals surface area contributed by atoms with Crippen LogP contribution in [0.4, 0.5) is 0 Å². The molecule has 0 aliphatic heterocycles. The molecule has 0 saturated heterocycles. The molecule has 88 valence electrons. The molecule has 1 atom stereocenters. The van der Waals surface area contributed by atoms with Gasteiger partial charge in [-0.15, -0.1) is 0 Å². The molecule has 0 fully saturated rings. The van der Waals surface area contributed by atoms with Crippen LogP contribution in [0.15, 0.2) is 0 Å². The van der Waals surface area contributed by atoms with Crippen LogP contribution >= 0.6 is 0 Å². The third-order valence-corrected chi connectivity index (χ3v) is 1.76. The third-order valence-electron chi connectivity index (χ3n) is 1.76. The average Bonchev–Trinajstić information content (AvgIpc) is 2.01.